The van der Waals surface area contributed by atoms with Crippen LogP contribution in [-0.2, 0) is 17.6 Å². The molecule has 3 heteroatoms. The highest BCUT2D eigenvalue weighted by molar-refractivity contribution is 8.00. The Hall–Kier alpha value is -1.74. The van der Waals surface area contributed by atoms with Crippen LogP contribution in [0.2, 0.25) is 0 Å². The van der Waals surface area contributed by atoms with Gasteiger partial charge in [0, 0.05) is 4.90 Å². The second-order valence-corrected chi connectivity index (χ2v) is 7.60. The Balaban J connectivity index is 1.59. The molecular formula is C20H23NOS. The Morgan fingerprint density at radius 1 is 1.04 bits per heavy atom. The Morgan fingerprint density at radius 3 is 2.57 bits per heavy atom. The molecule has 0 saturated heterocycles. The zero-order chi connectivity index (χ0) is 16.2. The van der Waals surface area contributed by atoms with Crippen molar-refractivity contribution >= 4 is 17.7 Å². The van der Waals surface area contributed by atoms with Gasteiger partial charge in [-0.2, -0.15) is 0 Å². The van der Waals surface area contributed by atoms with Crippen LogP contribution in [0, 0.1) is 0 Å². The molecule has 2 nitrogen and oxygen atoms in total. The summed E-state index contributed by atoms with van der Waals surface area (Å²) in [6.45, 7) is 4.00. The van der Waals surface area contributed by atoms with Crippen LogP contribution in [0.4, 0.5) is 0 Å². The van der Waals surface area contributed by atoms with Crippen molar-refractivity contribution in [1.29, 1.82) is 0 Å². The first kappa shape index (κ1) is 16.1. The fourth-order valence-corrected chi connectivity index (χ4v) is 3.98. The fraction of sp³-hybridized carbons (Fsp3) is 0.350. The minimum Gasteiger partial charge on any atom is -0.349 e. The Kier molecular flexibility index (Phi) is 5.06. The largest absolute Gasteiger partial charge is 0.349 e. The number of hydrogen-bond donors (Lipinski definition) is 1. The molecule has 0 fully saturated rings. The SMILES string of the molecule is CC(Sc1ccc2c(c1)CCC2)C(=O)NC(C)c1ccccc1. The van der Waals surface area contributed by atoms with Gasteiger partial charge in [-0.15, -0.1) is 11.8 Å². The van der Waals surface area contributed by atoms with E-state index in [0.717, 1.165) is 5.56 Å². The molecule has 1 N–H and O–H groups in total. The van der Waals surface area contributed by atoms with Crippen molar-refractivity contribution in [1.82, 2.24) is 5.32 Å². The van der Waals surface area contributed by atoms with Crippen LogP contribution in [0.25, 0.3) is 0 Å². The zero-order valence-electron chi connectivity index (χ0n) is 13.7. The van der Waals surface area contributed by atoms with Gasteiger partial charge in [-0.3, -0.25) is 4.79 Å². The zero-order valence-corrected chi connectivity index (χ0v) is 14.5. The summed E-state index contributed by atoms with van der Waals surface area (Å²) in [5, 5.41) is 3.01. The van der Waals surface area contributed by atoms with Crippen molar-refractivity contribution in [3.05, 3.63) is 65.2 Å². The third kappa shape index (κ3) is 3.97. The van der Waals surface area contributed by atoms with E-state index in [0.29, 0.717) is 0 Å². The van der Waals surface area contributed by atoms with Crippen LogP contribution < -0.4 is 5.32 Å². The molecule has 1 aliphatic carbocycles. The van der Waals surface area contributed by atoms with Crippen molar-refractivity contribution in [3.8, 4) is 0 Å². The molecule has 0 bridgehead atoms. The van der Waals surface area contributed by atoms with Crippen LogP contribution in [0.3, 0.4) is 0 Å². The number of carbonyl (C=O) groups is 1. The minimum atomic E-state index is -0.0967. The summed E-state index contributed by atoms with van der Waals surface area (Å²) in [6, 6.07) is 16.8. The van der Waals surface area contributed by atoms with Gasteiger partial charge in [0.1, 0.15) is 0 Å². The molecule has 23 heavy (non-hydrogen) atoms. The van der Waals surface area contributed by atoms with Crippen molar-refractivity contribution in [2.45, 2.75) is 49.3 Å². The van der Waals surface area contributed by atoms with Gasteiger partial charge in [0.15, 0.2) is 0 Å². The van der Waals surface area contributed by atoms with E-state index in [2.05, 4.69) is 23.5 Å². The van der Waals surface area contributed by atoms with Crippen molar-refractivity contribution in [2.75, 3.05) is 0 Å². The molecule has 0 aliphatic heterocycles. The third-order valence-corrected chi connectivity index (χ3v) is 5.50. The maximum atomic E-state index is 12.4. The summed E-state index contributed by atoms with van der Waals surface area (Å²) in [7, 11) is 0. The lowest BCUT2D eigenvalue weighted by Gasteiger charge is -2.18. The lowest BCUT2D eigenvalue weighted by Crippen LogP contribution is -2.33. The third-order valence-electron chi connectivity index (χ3n) is 4.41. The summed E-state index contributed by atoms with van der Waals surface area (Å²) >= 11 is 1.64. The van der Waals surface area contributed by atoms with E-state index in [1.165, 1.54) is 35.3 Å². The van der Waals surface area contributed by atoms with E-state index >= 15 is 0 Å². The van der Waals surface area contributed by atoms with E-state index in [9.17, 15) is 4.79 Å². The van der Waals surface area contributed by atoms with Gasteiger partial charge in [0.05, 0.1) is 11.3 Å². The van der Waals surface area contributed by atoms with Crippen LogP contribution in [0.15, 0.2) is 53.4 Å². The lowest BCUT2D eigenvalue weighted by molar-refractivity contribution is -0.120. The molecule has 3 rings (SSSR count). The van der Waals surface area contributed by atoms with Crippen molar-refractivity contribution < 1.29 is 4.79 Å². The molecular weight excluding hydrogens is 302 g/mol. The van der Waals surface area contributed by atoms with Crippen LogP contribution >= 0.6 is 11.8 Å². The number of fused-ring (bicyclic) bond motifs is 1. The number of nitrogens with one attached hydrogen (secondary N) is 1. The van der Waals surface area contributed by atoms with Gasteiger partial charge in [-0.05, 0) is 61.9 Å². The average molecular weight is 325 g/mol. The predicted octanol–water partition coefficient (Wildman–Crippen LogP) is 4.53. The summed E-state index contributed by atoms with van der Waals surface area (Å²) in [6.07, 6.45) is 3.63. The number of amides is 1. The Morgan fingerprint density at radius 2 is 1.78 bits per heavy atom. The summed E-state index contributed by atoms with van der Waals surface area (Å²) in [4.78, 5) is 13.6. The van der Waals surface area contributed by atoms with E-state index in [4.69, 9.17) is 0 Å². The van der Waals surface area contributed by atoms with Gasteiger partial charge in [0.25, 0.3) is 0 Å². The molecule has 0 spiro atoms. The van der Waals surface area contributed by atoms with Crippen LogP contribution in [0.1, 0.15) is 43.0 Å². The van der Waals surface area contributed by atoms with Crippen molar-refractivity contribution in [3.63, 3.8) is 0 Å². The first-order valence-electron chi connectivity index (χ1n) is 8.27. The van der Waals surface area contributed by atoms with E-state index in [-0.39, 0.29) is 17.2 Å². The van der Waals surface area contributed by atoms with Gasteiger partial charge >= 0.3 is 0 Å². The topological polar surface area (TPSA) is 29.1 Å². The highest BCUT2D eigenvalue weighted by atomic mass is 32.2. The molecule has 0 heterocycles. The maximum absolute atomic E-state index is 12.4. The number of benzene rings is 2. The highest BCUT2D eigenvalue weighted by Crippen LogP contribution is 2.30. The normalized spacial score (nSPS) is 15.7. The first-order chi connectivity index (χ1) is 11.1. The van der Waals surface area contributed by atoms with E-state index in [1.807, 2.05) is 44.2 Å². The monoisotopic (exact) mass is 325 g/mol. The minimum absolute atomic E-state index is 0.0340. The molecule has 2 unspecified atom stereocenters. The van der Waals surface area contributed by atoms with Gasteiger partial charge < -0.3 is 5.32 Å². The van der Waals surface area contributed by atoms with Gasteiger partial charge in [-0.1, -0.05) is 36.4 Å². The maximum Gasteiger partial charge on any atom is 0.233 e. The molecule has 1 amide bonds. The first-order valence-corrected chi connectivity index (χ1v) is 9.15. The van der Waals surface area contributed by atoms with Gasteiger partial charge in [0.2, 0.25) is 5.91 Å². The molecule has 2 aromatic carbocycles. The molecule has 2 aromatic rings. The summed E-state index contributed by atoms with van der Waals surface area (Å²) in [5.41, 5.74) is 4.07. The van der Waals surface area contributed by atoms with Crippen molar-refractivity contribution in [2.24, 2.45) is 0 Å². The molecule has 0 saturated carbocycles. The number of aryl methyl sites for hydroxylation is 2. The quantitative estimate of drug-likeness (QED) is 0.818. The molecule has 0 radical (unpaired) electrons. The van der Waals surface area contributed by atoms with Crippen LogP contribution in [-0.4, -0.2) is 11.2 Å². The Bertz CT molecular complexity index is 683. The van der Waals surface area contributed by atoms with E-state index in [1.54, 1.807) is 11.8 Å². The lowest BCUT2D eigenvalue weighted by atomic mass is 10.1. The molecule has 0 aromatic heterocycles. The molecule has 1 aliphatic rings. The highest BCUT2D eigenvalue weighted by Gasteiger charge is 2.18. The summed E-state index contributed by atoms with van der Waals surface area (Å²) < 4.78 is 0. The van der Waals surface area contributed by atoms with Gasteiger partial charge in [-0.25, -0.2) is 0 Å². The Labute approximate surface area is 142 Å². The standard InChI is InChI=1S/C20H23NOS/c1-14(16-7-4-3-5-8-16)21-20(22)15(2)23-19-12-11-17-9-6-10-18(17)13-19/h3-5,7-8,11-15H,6,9-10H2,1-2H3,(H,21,22). The second kappa shape index (κ2) is 7.22. The second-order valence-electron chi connectivity index (χ2n) is 6.19. The number of hydrogen-bond acceptors (Lipinski definition) is 2. The smallest absolute Gasteiger partial charge is 0.233 e. The fourth-order valence-electron chi connectivity index (χ4n) is 3.03. The van der Waals surface area contributed by atoms with E-state index < -0.39 is 0 Å². The average Bonchev–Trinajstić information content (AvgIpc) is 3.03. The number of carbonyl (C=O) groups excluding carboxylic acids is 1. The molecule has 120 valence electrons. The molecule has 2 atom stereocenters. The number of rotatable bonds is 5. The summed E-state index contributed by atoms with van der Waals surface area (Å²) in [5.74, 6) is 0.0897. The van der Waals surface area contributed by atoms with Crippen LogP contribution in [0.5, 0.6) is 0 Å². The number of thioether (sulfide) groups is 1. The predicted molar refractivity (Wildman–Crippen MR) is 96.8 cm³/mol.